The number of carbonyl (C=O) groups excluding carboxylic acids is 4. The molecule has 1 aliphatic rings. The van der Waals surface area contributed by atoms with Gasteiger partial charge < -0.3 is 24.4 Å². The Kier molecular flexibility index (Phi) is 12.7. The number of esters is 2. The van der Waals surface area contributed by atoms with Crippen LogP contribution in [0.2, 0.25) is 0 Å². The molecule has 1 aromatic heterocycles. The largest absolute Gasteiger partial charge is 0.491 e. The number of nitrogens with two attached hydrogens (primary N) is 1. The van der Waals surface area contributed by atoms with E-state index < -0.39 is 63.0 Å². The van der Waals surface area contributed by atoms with Gasteiger partial charge in [-0.05, 0) is 101 Å². The minimum atomic E-state index is -5.45. The lowest BCUT2D eigenvalue weighted by Gasteiger charge is -2.45. The van der Waals surface area contributed by atoms with E-state index in [2.05, 4.69) is 15.0 Å². The van der Waals surface area contributed by atoms with Crippen LogP contribution in [-0.4, -0.2) is 79.3 Å². The van der Waals surface area contributed by atoms with Gasteiger partial charge >= 0.3 is 18.1 Å². The van der Waals surface area contributed by atoms with E-state index >= 15 is 4.79 Å². The molecule has 4 aromatic rings. The van der Waals surface area contributed by atoms with Crippen molar-refractivity contribution >= 4 is 55.7 Å². The van der Waals surface area contributed by atoms with Gasteiger partial charge in [0.05, 0.1) is 34.5 Å². The summed E-state index contributed by atoms with van der Waals surface area (Å²) in [5.41, 5.74) is -2.30. The van der Waals surface area contributed by atoms with E-state index in [4.69, 9.17) is 15.3 Å². The monoisotopic (exact) mass is 827 g/mol. The topological polar surface area (TPSA) is 188 Å². The smallest absolute Gasteiger partial charge is 0.490 e. The predicted octanol–water partition coefficient (Wildman–Crippen LogP) is 5.67. The fourth-order valence-electron chi connectivity index (χ4n) is 6.73. The van der Waals surface area contributed by atoms with E-state index in [-0.39, 0.29) is 64.6 Å². The maximum absolute atomic E-state index is 15.9. The van der Waals surface area contributed by atoms with Gasteiger partial charge in [0, 0.05) is 49.0 Å². The normalized spacial score (nSPS) is 15.6. The fraction of sp³-hybridized carbons (Fsp3) is 0.375. The highest BCUT2D eigenvalue weighted by atomic mass is 32.2. The van der Waals surface area contributed by atoms with Gasteiger partial charge in [-0.3, -0.25) is 24.4 Å². The van der Waals surface area contributed by atoms with Crippen LogP contribution in [0.3, 0.4) is 0 Å². The molecule has 14 nitrogen and oxygen atoms in total. The Balaban J connectivity index is 1.89. The summed E-state index contributed by atoms with van der Waals surface area (Å²) in [6.07, 6.45) is -2.83. The first-order chi connectivity index (χ1) is 27.2. The molecule has 1 saturated heterocycles. The first kappa shape index (κ1) is 43.4. The molecule has 0 radical (unpaired) electrons. The second-order valence-corrected chi connectivity index (χ2v) is 16.7. The number of anilines is 2. The number of hydrogen-bond donors (Lipinski definition) is 2. The molecule has 18 heteroatoms. The zero-order chi connectivity index (χ0) is 42.7. The van der Waals surface area contributed by atoms with Crippen LogP contribution in [0.15, 0.2) is 78.0 Å². The number of halogens is 3. The molecule has 0 bridgehead atoms. The summed E-state index contributed by atoms with van der Waals surface area (Å²) in [7, 11) is -4.30. The molecule has 0 spiro atoms. The quantitative estimate of drug-likeness (QED) is 0.0730. The number of ether oxygens (including phenoxy) is 3. The van der Waals surface area contributed by atoms with E-state index in [1.54, 1.807) is 57.4 Å². The number of sulfone groups is 1. The summed E-state index contributed by atoms with van der Waals surface area (Å²) in [5.74, 6) is 0.668. The molecule has 2 amide bonds. The zero-order valence-electron chi connectivity index (χ0n) is 32.6. The molecule has 5 rings (SSSR count). The van der Waals surface area contributed by atoms with Crippen molar-refractivity contribution in [2.75, 3.05) is 30.0 Å². The number of amides is 2. The number of alkyl halides is 3. The summed E-state index contributed by atoms with van der Waals surface area (Å²) < 4.78 is 84.2. The molecule has 0 saturated carbocycles. The van der Waals surface area contributed by atoms with Crippen molar-refractivity contribution in [1.29, 1.82) is 0 Å². The van der Waals surface area contributed by atoms with Gasteiger partial charge in [-0.1, -0.05) is 12.1 Å². The number of hydrogen-bond acceptors (Lipinski definition) is 12. The standard InChI is InChI=1S/C40H44F3N5O9S/c1-7-55-34-19-29(9-12-33(34)56-23(2)3)39(48(44)31-11-8-27-21-45-16-14-26(27)18-31,32-20-30(46-25(6)49)10-13-35(32)58(53,54)24(4)5)37(51)47-17-15-28(22-47)36(50)57-38(52)40(41,42)43/h8-14,16,18-21,23-24,28H,7,15,17,22,44H2,1-6H3,(H,46,49). The minimum absolute atomic E-state index is 0.0489. The summed E-state index contributed by atoms with van der Waals surface area (Å²) in [6.45, 7) is 8.81. The molecular weight excluding hydrogens is 784 g/mol. The molecule has 1 fully saturated rings. The number of rotatable bonds is 13. The number of nitrogens with one attached hydrogen (secondary N) is 1. The SMILES string of the molecule is CCOc1cc(C(C(=O)N2CCC(C(=O)OC(=O)C(F)(F)F)C2)(c2cc(NC(C)=O)ccc2S(=O)(=O)C(C)C)N(N)c2ccc3cnccc3c2)ccc1OC(C)C. The summed E-state index contributed by atoms with van der Waals surface area (Å²) in [4.78, 5) is 57.8. The number of pyridine rings is 1. The molecule has 1 aliphatic heterocycles. The molecule has 2 heterocycles. The average Bonchev–Trinajstić information content (AvgIpc) is 3.66. The number of nitrogens with zero attached hydrogens (tertiary/aromatic N) is 3. The first-order valence-corrected chi connectivity index (χ1v) is 19.9. The van der Waals surface area contributed by atoms with Crippen LogP contribution in [0.25, 0.3) is 10.8 Å². The van der Waals surface area contributed by atoms with Gasteiger partial charge in [0.25, 0.3) is 5.91 Å². The van der Waals surface area contributed by atoms with Gasteiger partial charge in [0.2, 0.25) is 5.91 Å². The number of carbonyl (C=O) groups is 4. The number of hydrazine groups is 1. The second kappa shape index (κ2) is 17.0. The maximum atomic E-state index is 15.9. The number of fused-ring (bicyclic) bond motifs is 1. The van der Waals surface area contributed by atoms with E-state index in [1.807, 2.05) is 0 Å². The fourth-order valence-corrected chi connectivity index (χ4v) is 8.01. The third-order valence-electron chi connectivity index (χ3n) is 9.45. The average molecular weight is 828 g/mol. The predicted molar refractivity (Wildman–Crippen MR) is 207 cm³/mol. The molecule has 310 valence electrons. The highest BCUT2D eigenvalue weighted by molar-refractivity contribution is 7.92. The lowest BCUT2D eigenvalue weighted by molar-refractivity contribution is -0.203. The molecular formula is C40H44F3N5O9S. The van der Waals surface area contributed by atoms with Crippen molar-refractivity contribution in [2.45, 2.75) is 75.9 Å². The van der Waals surface area contributed by atoms with Crippen molar-refractivity contribution in [2.24, 2.45) is 11.8 Å². The summed E-state index contributed by atoms with van der Waals surface area (Å²) in [6, 6.07) is 15.1. The van der Waals surface area contributed by atoms with E-state index in [0.29, 0.717) is 10.8 Å². The van der Waals surface area contributed by atoms with Crippen LogP contribution < -0.4 is 25.6 Å². The molecule has 3 aromatic carbocycles. The van der Waals surface area contributed by atoms with Gasteiger partial charge in [-0.2, -0.15) is 13.2 Å². The van der Waals surface area contributed by atoms with Crippen molar-refractivity contribution in [3.63, 3.8) is 0 Å². The van der Waals surface area contributed by atoms with Crippen LogP contribution in [0.4, 0.5) is 24.5 Å². The Morgan fingerprint density at radius 3 is 2.34 bits per heavy atom. The van der Waals surface area contributed by atoms with Crippen molar-refractivity contribution in [3.05, 3.63) is 84.2 Å². The Hall–Kier alpha value is -5.75. The van der Waals surface area contributed by atoms with E-state index in [1.165, 1.54) is 57.2 Å². The second-order valence-electron chi connectivity index (χ2n) is 14.2. The summed E-state index contributed by atoms with van der Waals surface area (Å²) >= 11 is 0. The Morgan fingerprint density at radius 2 is 1.71 bits per heavy atom. The van der Waals surface area contributed by atoms with E-state index in [9.17, 15) is 36.0 Å². The van der Waals surface area contributed by atoms with Crippen LogP contribution in [-0.2, 0) is 39.3 Å². The molecule has 3 N–H and O–H groups in total. The zero-order valence-corrected chi connectivity index (χ0v) is 33.4. The minimum Gasteiger partial charge on any atom is -0.490 e. The summed E-state index contributed by atoms with van der Waals surface area (Å²) in [5, 5.41) is 4.03. The molecule has 0 aliphatic carbocycles. The van der Waals surface area contributed by atoms with Crippen LogP contribution in [0, 0.1) is 5.92 Å². The van der Waals surface area contributed by atoms with E-state index in [0.717, 1.165) is 9.91 Å². The molecule has 2 unspecified atom stereocenters. The molecule has 58 heavy (non-hydrogen) atoms. The van der Waals surface area contributed by atoms with Crippen molar-refractivity contribution in [1.82, 2.24) is 9.88 Å². The van der Waals surface area contributed by atoms with Crippen LogP contribution in [0.1, 0.15) is 59.1 Å². The van der Waals surface area contributed by atoms with Gasteiger partial charge in [0.15, 0.2) is 26.9 Å². The highest BCUT2D eigenvalue weighted by Gasteiger charge is 2.54. The first-order valence-electron chi connectivity index (χ1n) is 18.3. The number of aromatic nitrogens is 1. The lowest BCUT2D eigenvalue weighted by Crippen LogP contribution is -2.61. The lowest BCUT2D eigenvalue weighted by atomic mass is 9.79. The van der Waals surface area contributed by atoms with Crippen LogP contribution >= 0.6 is 0 Å². The Labute approximate surface area is 333 Å². The Morgan fingerprint density at radius 1 is 0.983 bits per heavy atom. The number of benzene rings is 3. The number of likely N-dealkylation sites (tertiary alicyclic amines) is 1. The Bertz CT molecular complexity index is 2340. The van der Waals surface area contributed by atoms with Gasteiger partial charge in [-0.25, -0.2) is 19.1 Å². The maximum Gasteiger partial charge on any atom is 0.491 e. The van der Waals surface area contributed by atoms with Gasteiger partial charge in [0.1, 0.15) is 0 Å². The van der Waals surface area contributed by atoms with Gasteiger partial charge in [-0.15, -0.1) is 0 Å². The van der Waals surface area contributed by atoms with Crippen molar-refractivity contribution < 1.29 is 55.0 Å². The third-order valence-corrected chi connectivity index (χ3v) is 11.7. The van der Waals surface area contributed by atoms with Crippen LogP contribution in [0.5, 0.6) is 11.5 Å². The highest BCUT2D eigenvalue weighted by Crippen LogP contribution is 2.47. The van der Waals surface area contributed by atoms with Crippen molar-refractivity contribution in [3.8, 4) is 11.5 Å². The molecule has 2 atom stereocenters. The third kappa shape index (κ3) is 8.72.